The predicted molar refractivity (Wildman–Crippen MR) is 118 cm³/mol. The van der Waals surface area contributed by atoms with Crippen molar-refractivity contribution in [2.45, 2.75) is 27.2 Å². The molecule has 0 bridgehead atoms. The normalized spacial score (nSPS) is 22.1. The van der Waals surface area contributed by atoms with Crippen LogP contribution in [0.15, 0.2) is 54.2 Å². The Morgan fingerprint density at radius 3 is 2.23 bits per heavy atom. The van der Waals surface area contributed by atoms with Crippen molar-refractivity contribution < 1.29 is 14.3 Å². The van der Waals surface area contributed by atoms with E-state index in [-0.39, 0.29) is 11.8 Å². The second-order valence-electron chi connectivity index (χ2n) is 8.59. The predicted octanol–water partition coefficient (Wildman–Crippen LogP) is 4.27. The van der Waals surface area contributed by atoms with Gasteiger partial charge in [0, 0.05) is 19.2 Å². The van der Waals surface area contributed by atoms with E-state index in [4.69, 9.17) is 4.74 Å². The van der Waals surface area contributed by atoms with Crippen LogP contribution in [0.4, 0.5) is 5.69 Å². The van der Waals surface area contributed by atoms with Crippen molar-refractivity contribution in [2.24, 2.45) is 11.8 Å². The van der Waals surface area contributed by atoms with E-state index < -0.39 is 0 Å². The van der Waals surface area contributed by atoms with Gasteiger partial charge in [-0.1, -0.05) is 49.7 Å². The van der Waals surface area contributed by atoms with Gasteiger partial charge in [0.25, 0.3) is 11.8 Å². The molecule has 2 aliphatic rings. The molecule has 30 heavy (non-hydrogen) atoms. The van der Waals surface area contributed by atoms with Crippen LogP contribution in [-0.4, -0.2) is 36.9 Å². The summed E-state index contributed by atoms with van der Waals surface area (Å²) in [4.78, 5) is 30.6. The van der Waals surface area contributed by atoms with Crippen LogP contribution in [0, 0.1) is 18.8 Å². The maximum absolute atomic E-state index is 13.6. The number of hydrogen-bond acceptors (Lipinski definition) is 4. The van der Waals surface area contributed by atoms with Gasteiger partial charge in [-0.2, -0.15) is 0 Å². The lowest BCUT2D eigenvalue weighted by Gasteiger charge is -2.37. The summed E-state index contributed by atoms with van der Waals surface area (Å²) in [7, 11) is 1.57. The summed E-state index contributed by atoms with van der Waals surface area (Å²) in [5.41, 5.74) is 3.43. The summed E-state index contributed by atoms with van der Waals surface area (Å²) >= 11 is 0. The number of carbonyl (C=O) groups is 2. The Balaban J connectivity index is 1.83. The molecule has 0 saturated carbocycles. The molecule has 2 heterocycles. The van der Waals surface area contributed by atoms with Gasteiger partial charge < -0.3 is 9.64 Å². The first-order valence-electron chi connectivity index (χ1n) is 10.5. The van der Waals surface area contributed by atoms with Gasteiger partial charge in [-0.15, -0.1) is 0 Å². The molecule has 5 heteroatoms. The fourth-order valence-corrected chi connectivity index (χ4v) is 4.62. The summed E-state index contributed by atoms with van der Waals surface area (Å²) in [6.45, 7) is 7.98. The Kier molecular flexibility index (Phi) is 5.37. The monoisotopic (exact) mass is 404 g/mol. The summed E-state index contributed by atoms with van der Waals surface area (Å²) in [5.74, 6) is 1.00. The largest absolute Gasteiger partial charge is 0.497 e. The van der Waals surface area contributed by atoms with E-state index in [9.17, 15) is 9.59 Å². The molecule has 2 amide bonds. The second kappa shape index (κ2) is 7.98. The molecule has 0 radical (unpaired) electrons. The number of aryl methyl sites for hydroxylation is 1. The van der Waals surface area contributed by atoms with Crippen LogP contribution in [0.25, 0.3) is 5.57 Å². The molecule has 0 spiro atoms. The van der Waals surface area contributed by atoms with Gasteiger partial charge in [-0.25, -0.2) is 4.90 Å². The van der Waals surface area contributed by atoms with Gasteiger partial charge in [-0.05, 0) is 42.9 Å². The van der Waals surface area contributed by atoms with E-state index in [0.717, 1.165) is 30.6 Å². The molecular formula is C25H28N2O3. The maximum Gasteiger partial charge on any atom is 0.282 e. The number of methoxy groups -OCH3 is 1. The van der Waals surface area contributed by atoms with Crippen LogP contribution in [0.5, 0.6) is 5.75 Å². The fourth-order valence-electron chi connectivity index (χ4n) is 4.62. The zero-order chi connectivity index (χ0) is 21.4. The minimum absolute atomic E-state index is 0.259. The number of benzene rings is 2. The zero-order valence-electron chi connectivity index (χ0n) is 18.0. The van der Waals surface area contributed by atoms with E-state index >= 15 is 0 Å². The minimum Gasteiger partial charge on any atom is -0.497 e. The number of rotatable bonds is 4. The van der Waals surface area contributed by atoms with E-state index in [2.05, 4.69) is 18.7 Å². The molecule has 0 aromatic heterocycles. The summed E-state index contributed by atoms with van der Waals surface area (Å²) in [6, 6.07) is 14.9. The Labute approximate surface area is 177 Å². The van der Waals surface area contributed by atoms with Crippen molar-refractivity contribution in [1.29, 1.82) is 0 Å². The third-order valence-corrected chi connectivity index (χ3v) is 5.90. The molecule has 2 aromatic carbocycles. The van der Waals surface area contributed by atoms with E-state index in [1.165, 1.54) is 4.90 Å². The van der Waals surface area contributed by atoms with Crippen LogP contribution < -0.4 is 9.64 Å². The smallest absolute Gasteiger partial charge is 0.282 e. The average Bonchev–Trinajstić information content (AvgIpc) is 2.98. The number of ether oxygens (including phenoxy) is 1. The van der Waals surface area contributed by atoms with Crippen molar-refractivity contribution in [3.05, 3.63) is 65.4 Å². The maximum atomic E-state index is 13.6. The van der Waals surface area contributed by atoms with Gasteiger partial charge in [0.15, 0.2) is 0 Å². The molecule has 2 atom stereocenters. The molecule has 2 aromatic rings. The Morgan fingerprint density at radius 1 is 0.933 bits per heavy atom. The zero-order valence-corrected chi connectivity index (χ0v) is 18.0. The van der Waals surface area contributed by atoms with Gasteiger partial charge >= 0.3 is 0 Å². The molecule has 1 saturated heterocycles. The Bertz CT molecular complexity index is 999. The highest BCUT2D eigenvalue weighted by atomic mass is 16.5. The van der Waals surface area contributed by atoms with Gasteiger partial charge in [0.2, 0.25) is 0 Å². The number of anilines is 1. The lowest BCUT2D eigenvalue weighted by atomic mass is 9.91. The van der Waals surface area contributed by atoms with Crippen molar-refractivity contribution in [1.82, 2.24) is 4.90 Å². The van der Waals surface area contributed by atoms with Crippen LogP contribution in [0.1, 0.15) is 31.4 Å². The molecule has 2 aliphatic heterocycles. The van der Waals surface area contributed by atoms with Crippen molar-refractivity contribution in [3.8, 4) is 5.75 Å². The van der Waals surface area contributed by atoms with E-state index in [1.807, 2.05) is 31.2 Å². The standard InChI is InChI=1S/C25H28N2O3/c1-16-8-10-19(11-9-16)22-23(26-14-17(2)12-18(3)15-26)25(29)27(24(22)28)20-6-5-7-21(13-20)30-4/h5-11,13,17-18H,12,14-15H2,1-4H3. The fraction of sp³-hybridized carbons (Fsp3) is 0.360. The van der Waals surface area contributed by atoms with Crippen molar-refractivity contribution >= 4 is 23.1 Å². The average molecular weight is 405 g/mol. The topological polar surface area (TPSA) is 49.9 Å². The number of likely N-dealkylation sites (tertiary alicyclic amines) is 1. The number of imide groups is 1. The first-order valence-corrected chi connectivity index (χ1v) is 10.5. The third kappa shape index (κ3) is 3.60. The molecule has 156 valence electrons. The highest BCUT2D eigenvalue weighted by Gasteiger charge is 2.43. The molecule has 5 nitrogen and oxygen atoms in total. The quantitative estimate of drug-likeness (QED) is 0.715. The van der Waals surface area contributed by atoms with E-state index in [0.29, 0.717) is 34.5 Å². The molecule has 0 aliphatic carbocycles. The van der Waals surface area contributed by atoms with Crippen molar-refractivity contribution in [2.75, 3.05) is 25.1 Å². The van der Waals surface area contributed by atoms with Gasteiger partial charge in [0.05, 0.1) is 18.4 Å². The number of nitrogens with zero attached hydrogens (tertiary/aromatic N) is 2. The summed E-state index contributed by atoms with van der Waals surface area (Å²) in [5, 5.41) is 0. The second-order valence-corrected chi connectivity index (χ2v) is 8.59. The molecular weight excluding hydrogens is 376 g/mol. The van der Waals surface area contributed by atoms with Gasteiger partial charge in [-0.3, -0.25) is 9.59 Å². The highest BCUT2D eigenvalue weighted by molar-refractivity contribution is 6.45. The van der Waals surface area contributed by atoms with Gasteiger partial charge in [0.1, 0.15) is 11.4 Å². The first kappa shape index (κ1) is 20.2. The van der Waals surface area contributed by atoms with Crippen molar-refractivity contribution in [3.63, 3.8) is 0 Å². The first-order chi connectivity index (χ1) is 14.4. The van der Waals surface area contributed by atoms with Crippen LogP contribution >= 0.6 is 0 Å². The van der Waals surface area contributed by atoms with E-state index in [1.54, 1.807) is 31.4 Å². The van der Waals surface area contributed by atoms with Crippen LogP contribution in [0.3, 0.4) is 0 Å². The molecule has 4 rings (SSSR count). The SMILES string of the molecule is COc1cccc(N2C(=O)C(c3ccc(C)cc3)=C(N3CC(C)CC(C)C3)C2=O)c1. The third-order valence-electron chi connectivity index (χ3n) is 5.90. The lowest BCUT2D eigenvalue weighted by molar-refractivity contribution is -0.120. The number of carbonyl (C=O) groups excluding carboxylic acids is 2. The Hall–Kier alpha value is -3.08. The molecule has 1 fully saturated rings. The molecule has 0 N–H and O–H groups in total. The lowest BCUT2D eigenvalue weighted by Crippen LogP contribution is -2.42. The summed E-state index contributed by atoms with van der Waals surface area (Å²) < 4.78 is 5.31. The minimum atomic E-state index is -0.280. The number of amides is 2. The highest BCUT2D eigenvalue weighted by Crippen LogP contribution is 2.38. The Morgan fingerprint density at radius 2 is 1.60 bits per heavy atom. The number of hydrogen-bond donors (Lipinski definition) is 0. The summed E-state index contributed by atoms with van der Waals surface area (Å²) in [6.07, 6.45) is 1.13. The number of piperidine rings is 1. The van der Waals surface area contributed by atoms with Crippen LogP contribution in [0.2, 0.25) is 0 Å². The molecule has 2 unspecified atom stereocenters. The van der Waals surface area contributed by atoms with Crippen LogP contribution in [-0.2, 0) is 9.59 Å².